The Kier molecular flexibility index (Phi) is 5.84. The first-order valence-electron chi connectivity index (χ1n) is 9.23. The third-order valence-electron chi connectivity index (χ3n) is 4.37. The summed E-state index contributed by atoms with van der Waals surface area (Å²) in [6.45, 7) is 1.26. The molecule has 0 unspecified atom stereocenters. The predicted molar refractivity (Wildman–Crippen MR) is 122 cm³/mol. The molecule has 0 saturated heterocycles. The third kappa shape index (κ3) is 4.35. The van der Waals surface area contributed by atoms with Crippen LogP contribution in [-0.2, 0) is 4.79 Å². The summed E-state index contributed by atoms with van der Waals surface area (Å²) in [5.41, 5.74) is 1.53. The number of nitrogens with zero attached hydrogens (tertiary/aromatic N) is 3. The predicted octanol–water partition coefficient (Wildman–Crippen LogP) is 5.18. The third-order valence-corrected chi connectivity index (χ3v) is 4.94. The van der Waals surface area contributed by atoms with Gasteiger partial charge in [-0.1, -0.05) is 65.7 Å². The van der Waals surface area contributed by atoms with Crippen molar-refractivity contribution >= 4 is 46.3 Å². The molecule has 0 aliphatic heterocycles. The van der Waals surface area contributed by atoms with Gasteiger partial charge in [0, 0.05) is 12.5 Å². The number of carbonyl (C=O) groups is 1. The van der Waals surface area contributed by atoms with Crippen LogP contribution in [0.4, 0.5) is 0 Å². The molecule has 0 spiro atoms. The maximum atomic E-state index is 13.2. The summed E-state index contributed by atoms with van der Waals surface area (Å²) >= 11 is 12.4. The molecular formula is C23H15Cl2N3O3. The molecule has 31 heavy (non-hydrogen) atoms. The molecule has 0 aliphatic rings. The Labute approximate surface area is 187 Å². The first kappa shape index (κ1) is 20.8. The number of esters is 1. The molecule has 4 rings (SSSR count). The van der Waals surface area contributed by atoms with Gasteiger partial charge >= 0.3 is 5.97 Å². The second-order valence-electron chi connectivity index (χ2n) is 6.59. The summed E-state index contributed by atoms with van der Waals surface area (Å²) in [6.07, 6.45) is 1.44. The van der Waals surface area contributed by atoms with Crippen LogP contribution < -0.4 is 10.3 Å². The van der Waals surface area contributed by atoms with Crippen LogP contribution in [0.25, 0.3) is 22.3 Å². The summed E-state index contributed by atoms with van der Waals surface area (Å²) in [5, 5.41) is 5.11. The van der Waals surface area contributed by atoms with Crippen molar-refractivity contribution in [2.24, 2.45) is 5.10 Å². The number of para-hydroxylation sites is 1. The first-order valence-corrected chi connectivity index (χ1v) is 9.98. The van der Waals surface area contributed by atoms with Crippen molar-refractivity contribution < 1.29 is 9.53 Å². The smallest absolute Gasteiger partial charge is 0.308 e. The Bertz CT molecular complexity index is 1360. The van der Waals surface area contributed by atoms with Crippen LogP contribution >= 0.6 is 23.2 Å². The second kappa shape index (κ2) is 8.71. The minimum Gasteiger partial charge on any atom is -0.424 e. The molecule has 0 N–H and O–H groups in total. The lowest BCUT2D eigenvalue weighted by Gasteiger charge is -2.10. The summed E-state index contributed by atoms with van der Waals surface area (Å²) in [4.78, 5) is 29.0. The van der Waals surface area contributed by atoms with Crippen LogP contribution in [0.5, 0.6) is 5.75 Å². The van der Waals surface area contributed by atoms with Gasteiger partial charge in [-0.3, -0.25) is 9.59 Å². The van der Waals surface area contributed by atoms with Crippen LogP contribution in [-0.4, -0.2) is 21.8 Å². The molecule has 0 radical (unpaired) electrons. The van der Waals surface area contributed by atoms with Crippen LogP contribution in [0, 0.1) is 0 Å². The van der Waals surface area contributed by atoms with Gasteiger partial charge in [0.2, 0.25) is 0 Å². The molecule has 4 aromatic rings. The SMILES string of the molecule is CC(=O)Oc1c(Cl)cc(C=Nn2c(-c3ccccc3)nc3ccccc3c2=O)cc1Cl. The van der Waals surface area contributed by atoms with E-state index in [2.05, 4.69) is 10.1 Å². The number of carbonyl (C=O) groups excluding carboxylic acids is 1. The van der Waals surface area contributed by atoms with Crippen molar-refractivity contribution in [2.45, 2.75) is 6.92 Å². The van der Waals surface area contributed by atoms with Gasteiger partial charge in [-0.2, -0.15) is 9.78 Å². The highest BCUT2D eigenvalue weighted by Crippen LogP contribution is 2.34. The zero-order valence-corrected chi connectivity index (χ0v) is 17.8. The molecule has 0 saturated carbocycles. The molecule has 1 heterocycles. The number of benzene rings is 3. The average Bonchev–Trinajstić information content (AvgIpc) is 2.76. The Morgan fingerprint density at radius 2 is 1.68 bits per heavy atom. The fourth-order valence-electron chi connectivity index (χ4n) is 3.02. The summed E-state index contributed by atoms with van der Waals surface area (Å²) in [6, 6.07) is 19.5. The summed E-state index contributed by atoms with van der Waals surface area (Å²) in [7, 11) is 0. The molecule has 1 aromatic heterocycles. The number of halogens is 2. The van der Waals surface area contributed by atoms with E-state index in [0.29, 0.717) is 22.3 Å². The monoisotopic (exact) mass is 451 g/mol. The van der Waals surface area contributed by atoms with Crippen molar-refractivity contribution in [3.8, 4) is 17.1 Å². The average molecular weight is 452 g/mol. The van der Waals surface area contributed by atoms with Crippen molar-refractivity contribution in [2.75, 3.05) is 0 Å². The van der Waals surface area contributed by atoms with E-state index >= 15 is 0 Å². The van der Waals surface area contributed by atoms with E-state index in [4.69, 9.17) is 27.9 Å². The van der Waals surface area contributed by atoms with Crippen molar-refractivity contribution in [1.82, 2.24) is 9.66 Å². The molecule has 0 bridgehead atoms. The van der Waals surface area contributed by atoms with E-state index in [-0.39, 0.29) is 21.4 Å². The van der Waals surface area contributed by atoms with Gasteiger partial charge in [0.15, 0.2) is 11.6 Å². The molecular weight excluding hydrogens is 437 g/mol. The topological polar surface area (TPSA) is 73.5 Å². The molecule has 8 heteroatoms. The van der Waals surface area contributed by atoms with Crippen LogP contribution in [0.2, 0.25) is 10.0 Å². The van der Waals surface area contributed by atoms with Crippen LogP contribution in [0.3, 0.4) is 0 Å². The normalized spacial score (nSPS) is 11.2. The highest BCUT2D eigenvalue weighted by Gasteiger charge is 2.13. The van der Waals surface area contributed by atoms with Crippen molar-refractivity contribution in [3.63, 3.8) is 0 Å². The largest absolute Gasteiger partial charge is 0.424 e. The summed E-state index contributed by atoms with van der Waals surface area (Å²) < 4.78 is 6.26. The zero-order valence-electron chi connectivity index (χ0n) is 16.3. The highest BCUT2D eigenvalue weighted by molar-refractivity contribution is 6.37. The van der Waals surface area contributed by atoms with Gasteiger partial charge in [-0.25, -0.2) is 4.98 Å². The van der Waals surface area contributed by atoms with Crippen LogP contribution in [0.15, 0.2) is 76.6 Å². The Morgan fingerprint density at radius 1 is 1.03 bits per heavy atom. The fraction of sp³-hybridized carbons (Fsp3) is 0.0435. The number of hydrogen-bond acceptors (Lipinski definition) is 5. The molecule has 0 amide bonds. The van der Waals surface area contributed by atoms with Crippen LogP contribution in [0.1, 0.15) is 12.5 Å². The standard InChI is InChI=1S/C23H15Cl2N3O3/c1-14(29)31-21-18(24)11-15(12-19(21)25)13-26-28-22(16-7-3-2-4-8-16)27-20-10-6-5-9-17(20)23(28)30/h2-13H,1H3. The summed E-state index contributed by atoms with van der Waals surface area (Å²) in [5.74, 6) is -0.0664. The lowest BCUT2D eigenvalue weighted by Crippen LogP contribution is -2.20. The van der Waals surface area contributed by atoms with E-state index in [1.807, 2.05) is 36.4 Å². The maximum absolute atomic E-state index is 13.2. The molecule has 3 aromatic carbocycles. The van der Waals surface area contributed by atoms with Gasteiger partial charge in [0.25, 0.3) is 5.56 Å². The Hall–Kier alpha value is -3.48. The van der Waals surface area contributed by atoms with Gasteiger partial charge in [-0.05, 0) is 29.8 Å². The minimum absolute atomic E-state index is 0.0718. The lowest BCUT2D eigenvalue weighted by atomic mass is 10.2. The number of rotatable bonds is 4. The zero-order chi connectivity index (χ0) is 22.0. The van der Waals surface area contributed by atoms with Gasteiger partial charge in [-0.15, -0.1) is 0 Å². The Morgan fingerprint density at radius 3 is 2.35 bits per heavy atom. The lowest BCUT2D eigenvalue weighted by molar-refractivity contribution is -0.131. The van der Waals surface area contributed by atoms with E-state index < -0.39 is 5.97 Å². The van der Waals surface area contributed by atoms with E-state index in [9.17, 15) is 9.59 Å². The maximum Gasteiger partial charge on any atom is 0.308 e. The molecule has 0 aliphatic carbocycles. The Balaban J connectivity index is 1.85. The minimum atomic E-state index is -0.536. The molecule has 0 fully saturated rings. The molecule has 0 atom stereocenters. The van der Waals surface area contributed by atoms with Crippen molar-refractivity contribution in [1.29, 1.82) is 0 Å². The van der Waals surface area contributed by atoms with E-state index in [0.717, 1.165) is 5.56 Å². The molecule has 154 valence electrons. The number of fused-ring (bicyclic) bond motifs is 1. The number of hydrogen-bond donors (Lipinski definition) is 0. The second-order valence-corrected chi connectivity index (χ2v) is 7.40. The number of aromatic nitrogens is 2. The van der Waals surface area contributed by atoms with Gasteiger partial charge < -0.3 is 4.74 Å². The highest BCUT2D eigenvalue weighted by atomic mass is 35.5. The quantitative estimate of drug-likeness (QED) is 0.243. The van der Waals surface area contributed by atoms with Gasteiger partial charge in [0.05, 0.1) is 27.2 Å². The van der Waals surface area contributed by atoms with Gasteiger partial charge in [0.1, 0.15) is 0 Å². The van der Waals surface area contributed by atoms with E-state index in [1.165, 1.54) is 29.9 Å². The number of ether oxygens (including phenoxy) is 1. The van der Waals surface area contributed by atoms with E-state index in [1.54, 1.807) is 18.2 Å². The van der Waals surface area contributed by atoms with Crippen molar-refractivity contribution in [3.05, 3.63) is 92.7 Å². The molecule has 6 nitrogen and oxygen atoms in total. The first-order chi connectivity index (χ1) is 14.9. The fourth-order valence-corrected chi connectivity index (χ4v) is 3.61.